The van der Waals surface area contributed by atoms with E-state index in [1.54, 1.807) is 0 Å². The van der Waals surface area contributed by atoms with Crippen molar-refractivity contribution in [3.05, 3.63) is 0 Å². The fraction of sp³-hybridized carbons (Fsp3) is 0.938. The molecule has 0 spiro atoms. The normalized spacial score (nSPS) is 34.3. The number of hydrogen-bond donors (Lipinski definition) is 1. The molecule has 2 atom stereocenters. The predicted octanol–water partition coefficient (Wildman–Crippen LogP) is 3.91. The first-order chi connectivity index (χ1) is 11.5. The number of nitrogens with zero attached hydrogens (tertiary/aromatic N) is 1. The highest BCUT2D eigenvalue weighted by Crippen LogP contribution is 2.56. The lowest BCUT2D eigenvalue weighted by atomic mass is 9.65. The van der Waals surface area contributed by atoms with Gasteiger partial charge in [-0.15, -0.1) is 12.4 Å². The van der Waals surface area contributed by atoms with Crippen molar-refractivity contribution in [3.8, 4) is 0 Å². The molecule has 10 heteroatoms. The smallest absolute Gasteiger partial charge is 0.341 e. The molecule has 0 radical (unpaired) electrons. The first-order valence-electron chi connectivity index (χ1n) is 8.64. The Hall–Kier alpha value is -0.700. The summed E-state index contributed by atoms with van der Waals surface area (Å²) in [6, 6.07) is -0.0131. The van der Waals surface area contributed by atoms with Crippen LogP contribution in [0.2, 0.25) is 0 Å². The third-order valence-electron chi connectivity index (χ3n) is 6.43. The van der Waals surface area contributed by atoms with Gasteiger partial charge in [-0.05, 0) is 43.9 Å². The molecule has 2 N–H and O–H groups in total. The zero-order chi connectivity index (χ0) is 18.6. The van der Waals surface area contributed by atoms with Gasteiger partial charge in [0.1, 0.15) is 0 Å². The van der Waals surface area contributed by atoms with Crippen molar-refractivity contribution in [2.24, 2.45) is 28.9 Å². The van der Waals surface area contributed by atoms with Crippen LogP contribution in [0.3, 0.4) is 0 Å². The number of amides is 1. The summed E-state index contributed by atoms with van der Waals surface area (Å²) in [4.78, 5) is 13.4. The van der Waals surface area contributed by atoms with Crippen LogP contribution < -0.4 is 5.73 Å². The molecule has 0 aromatic carbocycles. The van der Waals surface area contributed by atoms with Gasteiger partial charge in [0.25, 0.3) is 0 Å². The van der Waals surface area contributed by atoms with E-state index in [0.717, 1.165) is 24.2 Å². The fourth-order valence-corrected chi connectivity index (χ4v) is 4.87. The van der Waals surface area contributed by atoms with E-state index in [1.807, 2.05) is 0 Å². The molecule has 3 nitrogen and oxygen atoms in total. The number of likely N-dealkylation sites (tertiary alicyclic amines) is 1. The summed E-state index contributed by atoms with van der Waals surface area (Å²) in [5.74, 6) is -0.801. The average Bonchev–Trinajstić information content (AvgIpc) is 2.92. The van der Waals surface area contributed by atoms with Crippen molar-refractivity contribution in [2.75, 3.05) is 13.1 Å². The van der Waals surface area contributed by atoms with Gasteiger partial charge >= 0.3 is 12.4 Å². The molecule has 1 heterocycles. The third-order valence-corrected chi connectivity index (χ3v) is 6.43. The van der Waals surface area contributed by atoms with Crippen molar-refractivity contribution >= 4 is 18.3 Å². The maximum atomic E-state index is 13.2. The molecule has 1 saturated heterocycles. The van der Waals surface area contributed by atoms with E-state index in [4.69, 9.17) is 5.73 Å². The summed E-state index contributed by atoms with van der Waals surface area (Å²) in [6.07, 6.45) is -8.27. The van der Waals surface area contributed by atoms with Gasteiger partial charge in [-0.1, -0.05) is 6.42 Å². The van der Waals surface area contributed by atoms with Crippen LogP contribution in [0.5, 0.6) is 0 Å². The lowest BCUT2D eigenvalue weighted by molar-refractivity contribution is -0.334. The second-order valence-electron chi connectivity index (χ2n) is 7.78. The van der Waals surface area contributed by atoms with Gasteiger partial charge in [0.05, 0.1) is 0 Å². The molecule has 26 heavy (non-hydrogen) atoms. The van der Waals surface area contributed by atoms with Gasteiger partial charge in [0, 0.05) is 25.0 Å². The third kappa shape index (κ3) is 3.41. The van der Waals surface area contributed by atoms with Crippen LogP contribution in [0.15, 0.2) is 0 Å². The average molecular weight is 409 g/mol. The highest BCUT2D eigenvalue weighted by Gasteiger charge is 2.73. The molecule has 2 unspecified atom stereocenters. The molecule has 1 aliphatic heterocycles. The minimum Gasteiger partial charge on any atom is -0.341 e. The van der Waals surface area contributed by atoms with Gasteiger partial charge in [0.2, 0.25) is 5.91 Å². The monoisotopic (exact) mass is 408 g/mol. The van der Waals surface area contributed by atoms with Crippen LogP contribution in [-0.2, 0) is 4.79 Å². The number of halogens is 7. The van der Waals surface area contributed by atoms with Crippen LogP contribution in [-0.4, -0.2) is 42.3 Å². The van der Waals surface area contributed by atoms with Crippen molar-refractivity contribution in [3.63, 3.8) is 0 Å². The van der Waals surface area contributed by atoms with E-state index in [9.17, 15) is 31.1 Å². The van der Waals surface area contributed by atoms with E-state index in [-0.39, 0.29) is 30.3 Å². The number of rotatable bonds is 1. The Labute approximate surface area is 154 Å². The van der Waals surface area contributed by atoms with Gasteiger partial charge < -0.3 is 10.6 Å². The number of hydrogen-bond acceptors (Lipinski definition) is 2. The summed E-state index contributed by atoms with van der Waals surface area (Å²) in [7, 11) is 0. The summed E-state index contributed by atoms with van der Waals surface area (Å²) >= 11 is 0. The predicted molar refractivity (Wildman–Crippen MR) is 84.5 cm³/mol. The maximum absolute atomic E-state index is 13.2. The Morgan fingerprint density at radius 2 is 1.50 bits per heavy atom. The van der Waals surface area contributed by atoms with Crippen molar-refractivity contribution in [2.45, 2.75) is 56.9 Å². The van der Waals surface area contributed by atoms with E-state index < -0.39 is 49.1 Å². The number of nitrogens with two attached hydrogens (primary N) is 1. The molecule has 3 fully saturated rings. The summed E-state index contributed by atoms with van der Waals surface area (Å²) < 4.78 is 78.9. The lowest BCUT2D eigenvalue weighted by Gasteiger charge is -2.44. The number of carbonyl (C=O) groups is 1. The van der Waals surface area contributed by atoms with Gasteiger partial charge in [-0.2, -0.15) is 26.3 Å². The van der Waals surface area contributed by atoms with Crippen molar-refractivity contribution in [1.82, 2.24) is 4.90 Å². The number of fused-ring (bicyclic) bond motifs is 2. The summed E-state index contributed by atoms with van der Waals surface area (Å²) in [5, 5.41) is 0. The fourth-order valence-electron chi connectivity index (χ4n) is 4.87. The molecule has 152 valence electrons. The zero-order valence-corrected chi connectivity index (χ0v) is 14.9. The quantitative estimate of drug-likeness (QED) is 0.669. The Kier molecular flexibility index (Phi) is 5.85. The molecule has 0 aromatic rings. The molecular weight excluding hydrogens is 386 g/mol. The van der Waals surface area contributed by atoms with E-state index >= 15 is 0 Å². The van der Waals surface area contributed by atoms with E-state index in [2.05, 4.69) is 0 Å². The Morgan fingerprint density at radius 1 is 1.00 bits per heavy atom. The minimum atomic E-state index is -5.42. The van der Waals surface area contributed by atoms with Crippen LogP contribution >= 0.6 is 12.4 Å². The second kappa shape index (κ2) is 7.04. The highest BCUT2D eigenvalue weighted by atomic mass is 35.5. The minimum absolute atomic E-state index is 0. The molecule has 2 bridgehead atoms. The van der Waals surface area contributed by atoms with Crippen LogP contribution in [0.1, 0.15) is 38.5 Å². The molecular formula is C16H23ClF6N2O. The van der Waals surface area contributed by atoms with E-state index in [0.29, 0.717) is 12.8 Å². The Morgan fingerprint density at radius 3 is 1.92 bits per heavy atom. The SMILES string of the molecule is Cl.NC1C2CCCC1CC(C(=O)N1CCC(C(F)(F)F)(C(F)(F)F)C1)C2. The molecule has 3 rings (SSSR count). The number of alkyl halides is 6. The number of carbonyl (C=O) groups excluding carboxylic acids is 1. The standard InChI is InChI=1S/C16H22F6N2O.ClH/c17-15(18,19)14(16(20,21)22)4-5-24(8-14)13(25)11-6-9-2-1-3-10(7-11)12(9)23;/h9-12H,1-8,23H2;1H. The molecule has 2 aliphatic carbocycles. The zero-order valence-electron chi connectivity index (χ0n) is 14.1. The van der Waals surface area contributed by atoms with Gasteiger partial charge in [-0.25, -0.2) is 0 Å². The largest absolute Gasteiger partial charge is 0.404 e. The Bertz CT molecular complexity index is 510. The topological polar surface area (TPSA) is 46.3 Å². The highest BCUT2D eigenvalue weighted by molar-refractivity contribution is 5.85. The lowest BCUT2D eigenvalue weighted by Crippen LogP contribution is -2.53. The molecule has 2 saturated carbocycles. The van der Waals surface area contributed by atoms with Crippen LogP contribution in [0.25, 0.3) is 0 Å². The van der Waals surface area contributed by atoms with Crippen LogP contribution in [0.4, 0.5) is 26.3 Å². The van der Waals surface area contributed by atoms with Gasteiger partial charge in [0.15, 0.2) is 5.41 Å². The van der Waals surface area contributed by atoms with Gasteiger partial charge in [-0.3, -0.25) is 4.79 Å². The van der Waals surface area contributed by atoms with E-state index in [1.165, 1.54) is 0 Å². The summed E-state index contributed by atoms with van der Waals surface area (Å²) in [6.45, 7) is -1.83. The maximum Gasteiger partial charge on any atom is 0.404 e. The Balaban J connectivity index is 0.00000243. The van der Waals surface area contributed by atoms with Crippen molar-refractivity contribution < 1.29 is 31.1 Å². The van der Waals surface area contributed by atoms with Crippen LogP contribution in [0, 0.1) is 23.2 Å². The first-order valence-corrected chi connectivity index (χ1v) is 8.64. The molecule has 3 aliphatic rings. The molecule has 1 amide bonds. The van der Waals surface area contributed by atoms with Crippen molar-refractivity contribution in [1.29, 1.82) is 0 Å². The second-order valence-corrected chi connectivity index (χ2v) is 7.78. The summed E-state index contributed by atoms with van der Waals surface area (Å²) in [5.41, 5.74) is 2.33. The first kappa shape index (κ1) is 21.6. The molecule has 0 aromatic heterocycles.